The maximum absolute atomic E-state index is 12.3. The molecule has 0 aliphatic heterocycles. The Balaban J connectivity index is 1.69. The summed E-state index contributed by atoms with van der Waals surface area (Å²) in [6.07, 6.45) is 4.88. The highest BCUT2D eigenvalue weighted by Gasteiger charge is 2.25. The average molecular weight is 315 g/mol. The van der Waals surface area contributed by atoms with Gasteiger partial charge in [-0.2, -0.15) is 5.10 Å². The molecule has 1 fully saturated rings. The summed E-state index contributed by atoms with van der Waals surface area (Å²) < 4.78 is 6.77. The molecule has 6 nitrogen and oxygen atoms in total. The van der Waals surface area contributed by atoms with Crippen molar-refractivity contribution in [3.63, 3.8) is 0 Å². The van der Waals surface area contributed by atoms with Gasteiger partial charge in [-0.05, 0) is 43.2 Å². The van der Waals surface area contributed by atoms with E-state index < -0.39 is 6.10 Å². The Bertz CT molecular complexity index is 666. The molecule has 1 aliphatic carbocycles. The molecule has 6 heteroatoms. The summed E-state index contributed by atoms with van der Waals surface area (Å²) in [6, 6.07) is 8.93. The third-order valence-corrected chi connectivity index (χ3v) is 4.20. The first kappa shape index (κ1) is 15.6. The Kier molecular flexibility index (Phi) is 4.62. The SMILES string of the molecule is COc1ccc(-n2ccc(C(=O)NC3CCCCC3O)n2)cc1. The molecular formula is C17H21N3O3. The van der Waals surface area contributed by atoms with Crippen molar-refractivity contribution in [2.45, 2.75) is 37.8 Å². The van der Waals surface area contributed by atoms with Gasteiger partial charge >= 0.3 is 0 Å². The molecule has 1 aromatic carbocycles. The van der Waals surface area contributed by atoms with Crippen molar-refractivity contribution >= 4 is 5.91 Å². The predicted octanol–water partition coefficient (Wildman–Crippen LogP) is 1.91. The summed E-state index contributed by atoms with van der Waals surface area (Å²) in [5, 5.41) is 17.1. The lowest BCUT2D eigenvalue weighted by Crippen LogP contribution is -2.45. The van der Waals surface area contributed by atoms with Gasteiger partial charge < -0.3 is 15.2 Å². The molecule has 1 aromatic heterocycles. The van der Waals surface area contributed by atoms with E-state index in [1.54, 1.807) is 24.1 Å². The summed E-state index contributed by atoms with van der Waals surface area (Å²) in [6.45, 7) is 0. The number of hydrogen-bond acceptors (Lipinski definition) is 4. The first-order valence-corrected chi connectivity index (χ1v) is 7.86. The Morgan fingerprint density at radius 1 is 1.26 bits per heavy atom. The van der Waals surface area contributed by atoms with Crippen LogP contribution in [0.5, 0.6) is 5.75 Å². The second-order valence-corrected chi connectivity index (χ2v) is 5.78. The van der Waals surface area contributed by atoms with E-state index in [-0.39, 0.29) is 11.9 Å². The number of methoxy groups -OCH3 is 1. The lowest BCUT2D eigenvalue weighted by Gasteiger charge is -2.27. The van der Waals surface area contributed by atoms with Crippen LogP contribution in [-0.2, 0) is 0 Å². The predicted molar refractivity (Wildman–Crippen MR) is 85.8 cm³/mol. The molecule has 0 radical (unpaired) electrons. The molecule has 1 saturated carbocycles. The average Bonchev–Trinajstić information content (AvgIpc) is 3.07. The Hall–Kier alpha value is -2.34. The molecule has 3 rings (SSSR count). The van der Waals surface area contributed by atoms with Gasteiger partial charge in [0.2, 0.25) is 0 Å². The third kappa shape index (κ3) is 3.53. The van der Waals surface area contributed by atoms with Crippen molar-refractivity contribution in [2.75, 3.05) is 7.11 Å². The Labute approximate surface area is 135 Å². The molecule has 122 valence electrons. The van der Waals surface area contributed by atoms with Crippen LogP contribution < -0.4 is 10.1 Å². The normalized spacial score (nSPS) is 21.0. The summed E-state index contributed by atoms with van der Waals surface area (Å²) in [4.78, 5) is 12.3. The van der Waals surface area contributed by atoms with Crippen molar-refractivity contribution < 1.29 is 14.6 Å². The second-order valence-electron chi connectivity index (χ2n) is 5.78. The van der Waals surface area contributed by atoms with Gasteiger partial charge in [0.1, 0.15) is 5.75 Å². The van der Waals surface area contributed by atoms with E-state index in [1.807, 2.05) is 24.3 Å². The van der Waals surface area contributed by atoms with Crippen LogP contribution in [0.1, 0.15) is 36.2 Å². The first-order chi connectivity index (χ1) is 11.2. The van der Waals surface area contributed by atoms with Gasteiger partial charge in [-0.15, -0.1) is 0 Å². The van der Waals surface area contributed by atoms with E-state index >= 15 is 0 Å². The highest BCUT2D eigenvalue weighted by molar-refractivity contribution is 5.92. The number of carbonyl (C=O) groups is 1. The number of rotatable bonds is 4. The number of hydrogen-bond donors (Lipinski definition) is 2. The van der Waals surface area contributed by atoms with Crippen LogP contribution in [0.2, 0.25) is 0 Å². The van der Waals surface area contributed by atoms with Gasteiger partial charge in [-0.3, -0.25) is 4.79 Å². The minimum absolute atomic E-state index is 0.178. The summed E-state index contributed by atoms with van der Waals surface area (Å²) in [5.41, 5.74) is 1.20. The van der Waals surface area contributed by atoms with Crippen LogP contribution >= 0.6 is 0 Å². The molecule has 2 unspecified atom stereocenters. The van der Waals surface area contributed by atoms with E-state index in [9.17, 15) is 9.90 Å². The zero-order valence-corrected chi connectivity index (χ0v) is 13.1. The molecule has 0 saturated heterocycles. The molecule has 2 aromatic rings. The number of aromatic nitrogens is 2. The number of nitrogens with zero attached hydrogens (tertiary/aromatic N) is 2. The number of aliphatic hydroxyl groups is 1. The number of aliphatic hydroxyl groups excluding tert-OH is 1. The minimum Gasteiger partial charge on any atom is -0.497 e. The van der Waals surface area contributed by atoms with Gasteiger partial charge in [-0.25, -0.2) is 4.68 Å². The molecule has 0 bridgehead atoms. The second kappa shape index (κ2) is 6.83. The summed E-state index contributed by atoms with van der Waals surface area (Å²) >= 11 is 0. The fraction of sp³-hybridized carbons (Fsp3) is 0.412. The van der Waals surface area contributed by atoms with E-state index in [0.717, 1.165) is 37.1 Å². The molecule has 1 heterocycles. The van der Waals surface area contributed by atoms with Crippen molar-refractivity contribution in [2.24, 2.45) is 0 Å². The quantitative estimate of drug-likeness (QED) is 0.903. The zero-order valence-electron chi connectivity index (χ0n) is 13.1. The molecule has 1 aliphatic rings. The van der Waals surface area contributed by atoms with E-state index in [4.69, 9.17) is 4.74 Å². The summed E-state index contributed by atoms with van der Waals surface area (Å²) in [7, 11) is 1.62. The zero-order chi connectivity index (χ0) is 16.2. The van der Waals surface area contributed by atoms with Crippen molar-refractivity contribution in [1.29, 1.82) is 0 Å². The fourth-order valence-corrected chi connectivity index (χ4v) is 2.85. The number of nitrogens with one attached hydrogen (secondary N) is 1. The standard InChI is InChI=1S/C17H21N3O3/c1-23-13-8-6-12(7-9-13)20-11-10-15(19-20)17(22)18-14-4-2-3-5-16(14)21/h6-11,14,16,21H,2-5H2,1H3,(H,18,22). The Morgan fingerprint density at radius 3 is 2.70 bits per heavy atom. The van der Waals surface area contributed by atoms with Gasteiger partial charge in [0.15, 0.2) is 5.69 Å². The smallest absolute Gasteiger partial charge is 0.272 e. The maximum atomic E-state index is 12.3. The molecular weight excluding hydrogens is 294 g/mol. The first-order valence-electron chi connectivity index (χ1n) is 7.86. The van der Waals surface area contributed by atoms with E-state index in [1.165, 1.54) is 0 Å². The van der Waals surface area contributed by atoms with E-state index in [0.29, 0.717) is 5.69 Å². The molecule has 1 amide bonds. The summed E-state index contributed by atoms with van der Waals surface area (Å²) in [5.74, 6) is 0.522. The van der Waals surface area contributed by atoms with Crippen LogP contribution in [0.25, 0.3) is 5.69 Å². The minimum atomic E-state index is -0.462. The molecule has 2 atom stereocenters. The lowest BCUT2D eigenvalue weighted by molar-refractivity contribution is 0.0713. The van der Waals surface area contributed by atoms with Crippen LogP contribution in [0, 0.1) is 0 Å². The van der Waals surface area contributed by atoms with Crippen molar-refractivity contribution in [3.8, 4) is 11.4 Å². The van der Waals surface area contributed by atoms with Crippen LogP contribution in [-0.4, -0.2) is 40.0 Å². The molecule has 23 heavy (non-hydrogen) atoms. The van der Waals surface area contributed by atoms with Crippen LogP contribution in [0.3, 0.4) is 0 Å². The fourth-order valence-electron chi connectivity index (χ4n) is 2.85. The highest BCUT2D eigenvalue weighted by Crippen LogP contribution is 2.19. The number of ether oxygens (including phenoxy) is 1. The Morgan fingerprint density at radius 2 is 2.00 bits per heavy atom. The number of amides is 1. The molecule has 0 spiro atoms. The maximum Gasteiger partial charge on any atom is 0.272 e. The van der Waals surface area contributed by atoms with Crippen LogP contribution in [0.4, 0.5) is 0 Å². The monoisotopic (exact) mass is 315 g/mol. The highest BCUT2D eigenvalue weighted by atomic mass is 16.5. The number of benzene rings is 1. The van der Waals surface area contributed by atoms with Crippen molar-refractivity contribution in [1.82, 2.24) is 15.1 Å². The van der Waals surface area contributed by atoms with Gasteiger partial charge in [0.25, 0.3) is 5.91 Å². The third-order valence-electron chi connectivity index (χ3n) is 4.20. The largest absolute Gasteiger partial charge is 0.497 e. The molecule has 2 N–H and O–H groups in total. The topological polar surface area (TPSA) is 76.4 Å². The van der Waals surface area contributed by atoms with Crippen LogP contribution in [0.15, 0.2) is 36.5 Å². The number of carbonyl (C=O) groups excluding carboxylic acids is 1. The van der Waals surface area contributed by atoms with Gasteiger partial charge in [0.05, 0.1) is 24.9 Å². The van der Waals surface area contributed by atoms with Gasteiger partial charge in [-0.1, -0.05) is 12.8 Å². The van der Waals surface area contributed by atoms with Crippen molar-refractivity contribution in [3.05, 3.63) is 42.2 Å². The van der Waals surface area contributed by atoms with Gasteiger partial charge in [0, 0.05) is 6.20 Å². The van der Waals surface area contributed by atoms with E-state index in [2.05, 4.69) is 10.4 Å². The lowest BCUT2D eigenvalue weighted by atomic mass is 9.92.